The zero-order valence-corrected chi connectivity index (χ0v) is 11.5. The third-order valence-electron chi connectivity index (χ3n) is 2.41. The first-order valence-electron chi connectivity index (χ1n) is 5.22. The van der Waals surface area contributed by atoms with Crippen LogP contribution in [0.1, 0.15) is 15.9 Å². The highest BCUT2D eigenvalue weighted by atomic mass is 35.5. The van der Waals surface area contributed by atoms with Gasteiger partial charge in [-0.2, -0.15) is 0 Å². The molecular formula is C12H13Cl2NO3. The van der Waals surface area contributed by atoms with Crippen molar-refractivity contribution in [3.05, 3.63) is 34.3 Å². The Hall–Kier alpha value is -1.26. The van der Waals surface area contributed by atoms with Gasteiger partial charge in [-0.25, -0.2) is 0 Å². The number of hydrogen-bond acceptors (Lipinski definition) is 3. The monoisotopic (exact) mass is 289 g/mol. The van der Waals surface area contributed by atoms with E-state index in [-0.39, 0.29) is 12.5 Å². The molecular weight excluding hydrogens is 277 g/mol. The Bertz CT molecular complexity index is 463. The standard InChI is InChI=1S/C12H13Cl2NO3/c1-7-8(4-3-5-9(7)13)11(16)15-6-10(14)12(17)18-2/h3-5,10H,6H2,1-2H3,(H,15,16). The molecule has 1 amide bonds. The second kappa shape index (κ2) is 6.61. The Balaban J connectivity index is 2.66. The lowest BCUT2D eigenvalue weighted by atomic mass is 10.1. The van der Waals surface area contributed by atoms with Gasteiger partial charge in [0.15, 0.2) is 0 Å². The van der Waals surface area contributed by atoms with Crippen LogP contribution >= 0.6 is 23.2 Å². The van der Waals surface area contributed by atoms with Crippen LogP contribution in [-0.2, 0) is 9.53 Å². The molecule has 1 N–H and O–H groups in total. The molecule has 6 heteroatoms. The molecule has 0 fully saturated rings. The Morgan fingerprint density at radius 2 is 2.11 bits per heavy atom. The summed E-state index contributed by atoms with van der Waals surface area (Å²) < 4.78 is 4.45. The van der Waals surface area contributed by atoms with E-state index in [1.165, 1.54) is 7.11 Å². The van der Waals surface area contributed by atoms with E-state index in [4.69, 9.17) is 23.2 Å². The highest BCUT2D eigenvalue weighted by Gasteiger charge is 2.18. The van der Waals surface area contributed by atoms with Gasteiger partial charge in [0, 0.05) is 17.1 Å². The Morgan fingerprint density at radius 3 is 2.72 bits per heavy atom. The Labute approximate surface area is 115 Å². The van der Waals surface area contributed by atoms with Gasteiger partial charge in [0.05, 0.1) is 7.11 Å². The zero-order valence-electron chi connectivity index (χ0n) is 10.00. The van der Waals surface area contributed by atoms with Crippen molar-refractivity contribution in [2.75, 3.05) is 13.7 Å². The number of benzene rings is 1. The maximum atomic E-state index is 11.9. The topological polar surface area (TPSA) is 55.4 Å². The van der Waals surface area contributed by atoms with Crippen LogP contribution in [0, 0.1) is 6.92 Å². The molecule has 0 spiro atoms. The van der Waals surface area contributed by atoms with Crippen molar-refractivity contribution < 1.29 is 14.3 Å². The van der Waals surface area contributed by atoms with Crippen LogP contribution in [0.2, 0.25) is 5.02 Å². The van der Waals surface area contributed by atoms with Gasteiger partial charge in [0.25, 0.3) is 5.91 Å². The molecule has 0 radical (unpaired) electrons. The smallest absolute Gasteiger partial charge is 0.325 e. The normalized spacial score (nSPS) is 11.8. The minimum absolute atomic E-state index is 0.000977. The van der Waals surface area contributed by atoms with Crippen molar-refractivity contribution in [2.45, 2.75) is 12.3 Å². The molecule has 0 bridgehead atoms. The first-order chi connectivity index (χ1) is 8.47. The highest BCUT2D eigenvalue weighted by Crippen LogP contribution is 2.18. The molecule has 1 rings (SSSR count). The van der Waals surface area contributed by atoms with Gasteiger partial charge in [-0.05, 0) is 24.6 Å². The lowest BCUT2D eigenvalue weighted by molar-refractivity contribution is -0.140. The first-order valence-corrected chi connectivity index (χ1v) is 6.04. The first kappa shape index (κ1) is 14.8. The third-order valence-corrected chi connectivity index (χ3v) is 3.15. The van der Waals surface area contributed by atoms with Crippen LogP contribution < -0.4 is 5.32 Å². The number of rotatable bonds is 4. The van der Waals surface area contributed by atoms with E-state index in [9.17, 15) is 9.59 Å². The van der Waals surface area contributed by atoms with E-state index in [1.54, 1.807) is 25.1 Å². The van der Waals surface area contributed by atoms with Gasteiger partial charge in [0.1, 0.15) is 5.38 Å². The van der Waals surface area contributed by atoms with Crippen molar-refractivity contribution in [1.29, 1.82) is 0 Å². The molecule has 1 aromatic rings. The third kappa shape index (κ3) is 3.62. The van der Waals surface area contributed by atoms with E-state index < -0.39 is 11.3 Å². The van der Waals surface area contributed by atoms with E-state index in [0.717, 1.165) is 0 Å². The molecule has 0 aromatic heterocycles. The van der Waals surface area contributed by atoms with Crippen LogP contribution in [0.4, 0.5) is 0 Å². The van der Waals surface area contributed by atoms with Crippen molar-refractivity contribution in [1.82, 2.24) is 5.32 Å². The largest absolute Gasteiger partial charge is 0.468 e. The average Bonchev–Trinajstić information content (AvgIpc) is 2.37. The Morgan fingerprint density at radius 1 is 1.44 bits per heavy atom. The molecule has 4 nitrogen and oxygen atoms in total. The van der Waals surface area contributed by atoms with Gasteiger partial charge in [-0.3, -0.25) is 9.59 Å². The van der Waals surface area contributed by atoms with E-state index >= 15 is 0 Å². The van der Waals surface area contributed by atoms with Gasteiger partial charge >= 0.3 is 5.97 Å². The Kier molecular flexibility index (Phi) is 5.44. The molecule has 0 aliphatic heterocycles. The summed E-state index contributed by atoms with van der Waals surface area (Å²) in [5.74, 6) is -0.913. The second-order valence-corrected chi connectivity index (χ2v) is 4.55. The zero-order chi connectivity index (χ0) is 13.7. The summed E-state index contributed by atoms with van der Waals surface area (Å²) in [6.07, 6.45) is 0. The van der Waals surface area contributed by atoms with Crippen molar-refractivity contribution in [3.63, 3.8) is 0 Å². The lowest BCUT2D eigenvalue weighted by Crippen LogP contribution is -2.34. The van der Waals surface area contributed by atoms with Gasteiger partial charge < -0.3 is 10.1 Å². The number of hydrogen-bond donors (Lipinski definition) is 1. The molecule has 1 unspecified atom stereocenters. The fourth-order valence-corrected chi connectivity index (χ4v) is 1.68. The molecule has 98 valence electrons. The molecule has 0 aliphatic rings. The van der Waals surface area contributed by atoms with Crippen LogP contribution in [0.3, 0.4) is 0 Å². The molecule has 0 heterocycles. The fourth-order valence-electron chi connectivity index (χ4n) is 1.34. The van der Waals surface area contributed by atoms with Crippen LogP contribution in [0.15, 0.2) is 18.2 Å². The molecule has 0 saturated carbocycles. The van der Waals surface area contributed by atoms with Crippen LogP contribution in [0.25, 0.3) is 0 Å². The fraction of sp³-hybridized carbons (Fsp3) is 0.333. The number of alkyl halides is 1. The predicted octanol–water partition coefficient (Wildman–Crippen LogP) is 2.16. The average molecular weight is 290 g/mol. The number of halogens is 2. The number of ether oxygens (including phenoxy) is 1. The summed E-state index contributed by atoms with van der Waals surface area (Å²) in [5, 5.41) is 2.16. The quantitative estimate of drug-likeness (QED) is 0.683. The summed E-state index contributed by atoms with van der Waals surface area (Å²) in [7, 11) is 1.24. The SMILES string of the molecule is COC(=O)C(Cl)CNC(=O)c1cccc(Cl)c1C. The van der Waals surface area contributed by atoms with E-state index in [0.29, 0.717) is 16.1 Å². The van der Waals surface area contributed by atoms with Crippen molar-refractivity contribution >= 4 is 35.1 Å². The maximum Gasteiger partial charge on any atom is 0.325 e. The van der Waals surface area contributed by atoms with Gasteiger partial charge in [-0.15, -0.1) is 11.6 Å². The summed E-state index contributed by atoms with van der Waals surface area (Å²) in [6.45, 7) is 1.74. The van der Waals surface area contributed by atoms with Crippen LogP contribution in [-0.4, -0.2) is 30.9 Å². The number of methoxy groups -OCH3 is 1. The van der Waals surface area contributed by atoms with Crippen molar-refractivity contribution in [3.8, 4) is 0 Å². The summed E-state index contributed by atoms with van der Waals surface area (Å²) >= 11 is 11.6. The summed E-state index contributed by atoms with van der Waals surface area (Å²) in [4.78, 5) is 22.9. The number of esters is 1. The lowest BCUT2D eigenvalue weighted by Gasteiger charge is -2.11. The predicted molar refractivity (Wildman–Crippen MR) is 70.2 cm³/mol. The molecule has 0 saturated heterocycles. The molecule has 1 aromatic carbocycles. The minimum Gasteiger partial charge on any atom is -0.468 e. The van der Waals surface area contributed by atoms with E-state index in [1.807, 2.05) is 0 Å². The van der Waals surface area contributed by atoms with Gasteiger partial charge in [-0.1, -0.05) is 17.7 Å². The molecule has 1 atom stereocenters. The summed E-state index contributed by atoms with van der Waals surface area (Å²) in [5.41, 5.74) is 1.14. The molecule has 18 heavy (non-hydrogen) atoms. The number of nitrogens with one attached hydrogen (secondary N) is 1. The van der Waals surface area contributed by atoms with Gasteiger partial charge in [0.2, 0.25) is 0 Å². The minimum atomic E-state index is -0.904. The number of amides is 1. The van der Waals surface area contributed by atoms with E-state index in [2.05, 4.69) is 10.1 Å². The second-order valence-electron chi connectivity index (χ2n) is 3.61. The molecule has 0 aliphatic carbocycles. The maximum absolute atomic E-state index is 11.9. The van der Waals surface area contributed by atoms with Crippen molar-refractivity contribution in [2.24, 2.45) is 0 Å². The number of carbonyl (C=O) groups excluding carboxylic acids is 2. The van der Waals surface area contributed by atoms with Crippen LogP contribution in [0.5, 0.6) is 0 Å². The summed E-state index contributed by atoms with van der Waals surface area (Å²) in [6, 6.07) is 5.03. The number of carbonyl (C=O) groups is 2. The highest BCUT2D eigenvalue weighted by molar-refractivity contribution is 6.32.